The van der Waals surface area contributed by atoms with Crippen LogP contribution in [0.2, 0.25) is 0 Å². The third-order valence-corrected chi connectivity index (χ3v) is 3.00. The summed E-state index contributed by atoms with van der Waals surface area (Å²) in [6.45, 7) is 0.802. The number of rotatable bonds is 0. The lowest BCUT2D eigenvalue weighted by Crippen LogP contribution is -2.60. The highest BCUT2D eigenvalue weighted by molar-refractivity contribution is 5.01. The molecular weight excluding hydrogens is 177 g/mol. The number of nitrogens with zero attached hydrogens (tertiary/aromatic N) is 1. The van der Waals surface area contributed by atoms with Crippen LogP contribution in [0.25, 0.3) is 0 Å². The van der Waals surface area contributed by atoms with Crippen molar-refractivity contribution in [2.75, 3.05) is 13.1 Å². The van der Waals surface area contributed by atoms with Gasteiger partial charge in [-0.05, 0) is 6.42 Å². The molecule has 0 spiro atoms. The van der Waals surface area contributed by atoms with Crippen LogP contribution < -0.4 is 0 Å². The van der Waals surface area contributed by atoms with Gasteiger partial charge in [-0.3, -0.25) is 4.90 Å². The van der Waals surface area contributed by atoms with E-state index >= 15 is 0 Å². The molecule has 2 heterocycles. The zero-order valence-corrected chi connectivity index (χ0v) is 7.17. The van der Waals surface area contributed by atoms with Crippen LogP contribution in [0, 0.1) is 0 Å². The van der Waals surface area contributed by atoms with Gasteiger partial charge in [0, 0.05) is 13.1 Å². The average molecular weight is 191 g/mol. The number of hydrogen-bond acceptors (Lipinski definition) is 4. The Morgan fingerprint density at radius 1 is 1.15 bits per heavy atom. The molecule has 0 aliphatic carbocycles. The molecule has 13 heavy (non-hydrogen) atoms. The highest BCUT2D eigenvalue weighted by atomic mass is 19.1. The predicted octanol–water partition coefficient (Wildman–Crippen LogP) is -1.50. The summed E-state index contributed by atoms with van der Waals surface area (Å²) < 4.78 is 13.2. The van der Waals surface area contributed by atoms with Gasteiger partial charge in [0.25, 0.3) is 0 Å². The fourth-order valence-electron chi connectivity index (χ4n) is 2.26. The van der Waals surface area contributed by atoms with E-state index < -0.39 is 30.5 Å². The second-order valence-electron chi connectivity index (χ2n) is 3.84. The lowest BCUT2D eigenvalue weighted by molar-refractivity contribution is -0.135. The number of fused-ring (bicyclic) bond motifs is 1. The summed E-state index contributed by atoms with van der Waals surface area (Å²) in [6.07, 6.45) is -4.05. The van der Waals surface area contributed by atoms with Crippen LogP contribution in [0.3, 0.4) is 0 Å². The minimum absolute atomic E-state index is 0.253. The Morgan fingerprint density at radius 3 is 2.54 bits per heavy atom. The van der Waals surface area contributed by atoms with Crippen molar-refractivity contribution in [3.8, 4) is 0 Å². The highest BCUT2D eigenvalue weighted by Gasteiger charge is 2.48. The van der Waals surface area contributed by atoms with E-state index in [2.05, 4.69) is 0 Å². The van der Waals surface area contributed by atoms with Crippen LogP contribution in [0.1, 0.15) is 6.42 Å². The predicted molar refractivity (Wildman–Crippen MR) is 42.9 cm³/mol. The largest absolute Gasteiger partial charge is 0.389 e. The molecule has 5 atom stereocenters. The molecule has 2 aliphatic heterocycles. The van der Waals surface area contributed by atoms with Gasteiger partial charge in [0.15, 0.2) is 0 Å². The molecule has 2 rings (SSSR count). The second-order valence-corrected chi connectivity index (χ2v) is 3.84. The molecule has 0 aromatic rings. The Balaban J connectivity index is 2.15. The minimum atomic E-state index is -1.21. The first-order valence-corrected chi connectivity index (χ1v) is 4.53. The Kier molecular flexibility index (Phi) is 2.27. The lowest BCUT2D eigenvalue weighted by Gasteiger charge is -2.40. The summed E-state index contributed by atoms with van der Waals surface area (Å²) in [7, 11) is 0. The fourth-order valence-corrected chi connectivity index (χ4v) is 2.26. The third kappa shape index (κ3) is 1.36. The molecule has 4 nitrogen and oxygen atoms in total. The number of halogens is 1. The molecule has 3 N–H and O–H groups in total. The van der Waals surface area contributed by atoms with E-state index in [9.17, 15) is 19.7 Å². The van der Waals surface area contributed by atoms with Crippen LogP contribution in [0.5, 0.6) is 0 Å². The molecule has 0 bridgehead atoms. The molecule has 0 aromatic carbocycles. The van der Waals surface area contributed by atoms with Crippen molar-refractivity contribution in [3.05, 3.63) is 0 Å². The molecular formula is C8H14FNO3. The fraction of sp³-hybridized carbons (Fsp3) is 1.00. The Labute approximate surface area is 75.6 Å². The molecule has 0 saturated carbocycles. The van der Waals surface area contributed by atoms with Gasteiger partial charge < -0.3 is 15.3 Å². The highest BCUT2D eigenvalue weighted by Crippen LogP contribution is 2.29. The summed E-state index contributed by atoms with van der Waals surface area (Å²) in [4.78, 5) is 1.70. The van der Waals surface area contributed by atoms with E-state index in [0.717, 1.165) is 0 Å². The molecule has 0 unspecified atom stereocenters. The zero-order valence-electron chi connectivity index (χ0n) is 7.17. The van der Waals surface area contributed by atoms with Gasteiger partial charge in [-0.1, -0.05) is 0 Å². The van der Waals surface area contributed by atoms with Gasteiger partial charge in [0.05, 0.1) is 12.1 Å². The van der Waals surface area contributed by atoms with Crippen LogP contribution in [-0.4, -0.2) is 63.8 Å². The lowest BCUT2D eigenvalue weighted by atomic mass is 9.93. The van der Waals surface area contributed by atoms with E-state index in [1.807, 2.05) is 0 Å². The normalized spacial score (nSPS) is 52.2. The zero-order chi connectivity index (χ0) is 9.59. The smallest absolute Gasteiger partial charge is 0.119 e. The maximum atomic E-state index is 13.2. The average Bonchev–Trinajstić information content (AvgIpc) is 2.43. The summed E-state index contributed by atoms with van der Waals surface area (Å²) in [5, 5.41) is 28.1. The van der Waals surface area contributed by atoms with Crippen molar-refractivity contribution in [2.24, 2.45) is 0 Å². The first-order valence-electron chi connectivity index (χ1n) is 4.53. The Hall–Kier alpha value is -0.230. The molecule has 0 amide bonds. The first kappa shape index (κ1) is 9.33. The maximum Gasteiger partial charge on any atom is 0.119 e. The molecule has 76 valence electrons. The summed E-state index contributed by atoms with van der Waals surface area (Å²) >= 11 is 0. The van der Waals surface area contributed by atoms with Crippen molar-refractivity contribution >= 4 is 0 Å². The number of hydrogen-bond donors (Lipinski definition) is 3. The van der Waals surface area contributed by atoms with Crippen molar-refractivity contribution in [1.82, 2.24) is 4.90 Å². The number of alkyl halides is 1. The molecule has 5 heteroatoms. The van der Waals surface area contributed by atoms with Crippen LogP contribution in [0.15, 0.2) is 0 Å². The van der Waals surface area contributed by atoms with Crippen molar-refractivity contribution in [1.29, 1.82) is 0 Å². The van der Waals surface area contributed by atoms with Gasteiger partial charge in [-0.25, -0.2) is 4.39 Å². The maximum absolute atomic E-state index is 13.2. The van der Waals surface area contributed by atoms with Crippen molar-refractivity contribution < 1.29 is 19.7 Å². The monoisotopic (exact) mass is 191 g/mol. The summed E-state index contributed by atoms with van der Waals surface area (Å²) in [5.74, 6) is 0. The van der Waals surface area contributed by atoms with E-state index in [1.165, 1.54) is 0 Å². The van der Waals surface area contributed by atoms with Crippen molar-refractivity contribution in [2.45, 2.75) is 36.9 Å². The number of piperidine rings is 1. The SMILES string of the molecule is O[C@H]1[C@H](O)[C@@H](O)CN2CC[C@H](F)[C@H]12. The van der Waals surface area contributed by atoms with Crippen LogP contribution >= 0.6 is 0 Å². The van der Waals surface area contributed by atoms with E-state index in [4.69, 9.17) is 0 Å². The topological polar surface area (TPSA) is 63.9 Å². The van der Waals surface area contributed by atoms with Gasteiger partial charge in [0.2, 0.25) is 0 Å². The quantitative estimate of drug-likeness (QED) is 0.436. The number of aliphatic hydroxyl groups excluding tert-OH is 3. The molecule has 0 aromatic heterocycles. The van der Waals surface area contributed by atoms with E-state index in [-0.39, 0.29) is 6.54 Å². The van der Waals surface area contributed by atoms with Crippen LogP contribution in [0.4, 0.5) is 4.39 Å². The molecule has 2 saturated heterocycles. The standard InChI is InChI=1S/C8H14FNO3/c9-4-1-2-10-3-5(11)7(12)8(13)6(4)10/h4-8,11-13H,1-3H2/t4-,5-,6+,7+,8+/m0/s1. The third-order valence-electron chi connectivity index (χ3n) is 3.00. The van der Waals surface area contributed by atoms with E-state index in [1.54, 1.807) is 4.90 Å². The van der Waals surface area contributed by atoms with Gasteiger partial charge in [-0.15, -0.1) is 0 Å². The van der Waals surface area contributed by atoms with Crippen molar-refractivity contribution in [3.63, 3.8) is 0 Å². The molecule has 2 fully saturated rings. The molecule has 0 radical (unpaired) electrons. The Bertz CT molecular complexity index is 204. The summed E-state index contributed by atoms with van der Waals surface area (Å²) in [6, 6.07) is -0.626. The Morgan fingerprint density at radius 2 is 1.85 bits per heavy atom. The van der Waals surface area contributed by atoms with Crippen LogP contribution in [-0.2, 0) is 0 Å². The summed E-state index contributed by atoms with van der Waals surface area (Å²) in [5.41, 5.74) is 0. The first-order chi connectivity index (χ1) is 6.11. The number of aliphatic hydroxyl groups is 3. The van der Waals surface area contributed by atoms with Gasteiger partial charge in [0.1, 0.15) is 18.4 Å². The van der Waals surface area contributed by atoms with Gasteiger partial charge in [-0.2, -0.15) is 0 Å². The van der Waals surface area contributed by atoms with E-state index in [0.29, 0.717) is 13.0 Å². The minimum Gasteiger partial charge on any atom is -0.389 e. The molecule has 2 aliphatic rings. The second kappa shape index (κ2) is 3.16. The van der Waals surface area contributed by atoms with Gasteiger partial charge >= 0.3 is 0 Å².